The van der Waals surface area contributed by atoms with E-state index in [1.54, 1.807) is 19.1 Å². The summed E-state index contributed by atoms with van der Waals surface area (Å²) in [6.07, 6.45) is -8.71. The zero-order valence-electron chi connectivity index (χ0n) is 16.0. The van der Waals surface area contributed by atoms with Gasteiger partial charge in [-0.3, -0.25) is 0 Å². The smallest absolute Gasteiger partial charge is 0.460 e. The Hall–Kier alpha value is -1.26. The van der Waals surface area contributed by atoms with Crippen molar-refractivity contribution in [3.8, 4) is 5.75 Å². The van der Waals surface area contributed by atoms with Gasteiger partial charge >= 0.3 is 23.9 Å². The first-order valence-electron chi connectivity index (χ1n) is 8.36. The summed E-state index contributed by atoms with van der Waals surface area (Å²) in [4.78, 5) is 0. The Kier molecular flexibility index (Phi) is 7.21. The predicted octanol–water partition coefficient (Wildman–Crippen LogP) is 7.09. The molecule has 11 heteroatoms. The van der Waals surface area contributed by atoms with Crippen molar-refractivity contribution in [3.05, 3.63) is 28.8 Å². The van der Waals surface area contributed by atoms with Crippen LogP contribution < -0.4 is 0 Å². The topological polar surface area (TPSA) is 20.2 Å². The van der Waals surface area contributed by atoms with Crippen LogP contribution in [0.1, 0.15) is 43.9 Å². The molecule has 1 nitrogen and oxygen atoms in total. The molecule has 1 aromatic rings. The molecule has 1 aromatic carbocycles. The maximum absolute atomic E-state index is 13.5. The van der Waals surface area contributed by atoms with E-state index in [0.29, 0.717) is 22.9 Å². The summed E-state index contributed by atoms with van der Waals surface area (Å²) in [6, 6.07) is 3.26. The Morgan fingerprint density at radius 3 is 1.83 bits per heavy atom. The molecule has 0 amide bonds. The Balaban J connectivity index is 2.89. The SMILES string of the molecule is Cc1cc(CSCCC(F)(F)C(F)(F)C(F)(F)C(F)(F)F)c(O)c(C(C)(C)C)c1. The molecule has 0 saturated heterocycles. The third-order valence-corrected chi connectivity index (χ3v) is 5.18. The van der Waals surface area contributed by atoms with Crippen molar-refractivity contribution in [2.75, 3.05) is 5.75 Å². The van der Waals surface area contributed by atoms with Crippen molar-refractivity contribution < 1.29 is 44.6 Å². The number of phenolic OH excluding ortho intramolecular Hbond substituents is 1. The van der Waals surface area contributed by atoms with Crippen LogP contribution in [-0.4, -0.2) is 34.8 Å². The molecule has 0 aliphatic rings. The third-order valence-electron chi connectivity index (χ3n) is 4.17. The summed E-state index contributed by atoms with van der Waals surface area (Å²) >= 11 is 0.610. The van der Waals surface area contributed by atoms with Gasteiger partial charge in [0.2, 0.25) is 0 Å². The number of hydrogen-bond donors (Lipinski definition) is 1. The van der Waals surface area contributed by atoms with Gasteiger partial charge in [-0.05, 0) is 23.7 Å². The van der Waals surface area contributed by atoms with Crippen LogP contribution in [0.25, 0.3) is 0 Å². The van der Waals surface area contributed by atoms with E-state index in [2.05, 4.69) is 0 Å². The fraction of sp³-hybridized carbons (Fsp3) is 0.667. The summed E-state index contributed by atoms with van der Waals surface area (Å²) in [5.74, 6) is -20.1. The number of aromatic hydroxyl groups is 1. The second-order valence-electron chi connectivity index (χ2n) is 7.72. The average molecular weight is 456 g/mol. The highest BCUT2D eigenvalue weighted by Crippen LogP contribution is 2.54. The van der Waals surface area contributed by atoms with Crippen LogP contribution in [0.2, 0.25) is 0 Å². The van der Waals surface area contributed by atoms with Crippen molar-refractivity contribution in [2.24, 2.45) is 0 Å². The number of thioether (sulfide) groups is 1. The fourth-order valence-corrected chi connectivity index (χ4v) is 3.47. The van der Waals surface area contributed by atoms with Crippen LogP contribution in [0.5, 0.6) is 5.75 Å². The lowest BCUT2D eigenvalue weighted by atomic mass is 9.84. The first-order valence-corrected chi connectivity index (χ1v) is 9.52. The Morgan fingerprint density at radius 1 is 0.862 bits per heavy atom. The lowest BCUT2D eigenvalue weighted by molar-refractivity contribution is -0.396. The van der Waals surface area contributed by atoms with Crippen LogP contribution in [-0.2, 0) is 11.2 Å². The molecule has 0 aliphatic heterocycles. The summed E-state index contributed by atoms with van der Waals surface area (Å²) in [5.41, 5.74) is 1.17. The number of halogens is 9. The van der Waals surface area contributed by atoms with Gasteiger partial charge in [0.25, 0.3) is 0 Å². The van der Waals surface area contributed by atoms with Gasteiger partial charge in [0.15, 0.2) is 0 Å². The van der Waals surface area contributed by atoms with Crippen LogP contribution in [0.4, 0.5) is 39.5 Å². The third kappa shape index (κ3) is 5.27. The van der Waals surface area contributed by atoms with Gasteiger partial charge in [-0.25, -0.2) is 0 Å². The second kappa shape index (κ2) is 8.11. The number of phenols is 1. The first kappa shape index (κ1) is 25.8. The van der Waals surface area contributed by atoms with E-state index in [1.807, 2.05) is 20.8 Å². The lowest BCUT2D eigenvalue weighted by Gasteiger charge is -2.33. The van der Waals surface area contributed by atoms with E-state index in [9.17, 15) is 44.6 Å². The van der Waals surface area contributed by atoms with Crippen LogP contribution in [0, 0.1) is 6.92 Å². The van der Waals surface area contributed by atoms with Gasteiger partial charge in [-0.15, -0.1) is 0 Å². The molecule has 0 radical (unpaired) electrons. The average Bonchev–Trinajstić information content (AvgIpc) is 2.51. The Morgan fingerprint density at radius 2 is 1.38 bits per heavy atom. The van der Waals surface area contributed by atoms with Gasteiger partial charge in [0.1, 0.15) is 5.75 Å². The minimum atomic E-state index is -6.87. The highest BCUT2D eigenvalue weighted by Gasteiger charge is 2.81. The standard InChI is InChI=1S/C18H21F9OS/c1-10-7-11(13(28)12(8-10)14(2,3)4)9-29-6-5-15(19,20)16(21,22)17(23,24)18(25,26)27/h7-8,28H,5-6,9H2,1-4H3. The number of rotatable bonds is 7. The molecular formula is C18H21F9OS. The van der Waals surface area contributed by atoms with E-state index < -0.39 is 41.5 Å². The quantitative estimate of drug-likeness (QED) is 0.349. The van der Waals surface area contributed by atoms with Gasteiger partial charge in [-0.1, -0.05) is 38.5 Å². The van der Waals surface area contributed by atoms with Crippen molar-refractivity contribution in [1.29, 1.82) is 0 Å². The van der Waals surface area contributed by atoms with Gasteiger partial charge in [0.05, 0.1) is 0 Å². The molecular weight excluding hydrogens is 435 g/mol. The van der Waals surface area contributed by atoms with Crippen molar-refractivity contribution in [1.82, 2.24) is 0 Å². The van der Waals surface area contributed by atoms with E-state index in [0.717, 1.165) is 5.56 Å². The van der Waals surface area contributed by atoms with E-state index in [4.69, 9.17) is 0 Å². The normalized spacial score (nSPS) is 14.4. The Labute approximate surface area is 166 Å². The molecule has 0 spiro atoms. The fourth-order valence-electron chi connectivity index (χ4n) is 2.48. The molecule has 0 atom stereocenters. The monoisotopic (exact) mass is 456 g/mol. The highest BCUT2D eigenvalue weighted by molar-refractivity contribution is 7.98. The molecule has 29 heavy (non-hydrogen) atoms. The maximum atomic E-state index is 13.5. The molecule has 0 bridgehead atoms. The maximum Gasteiger partial charge on any atom is 0.460 e. The molecule has 0 heterocycles. The second-order valence-corrected chi connectivity index (χ2v) is 8.83. The number of hydrogen-bond acceptors (Lipinski definition) is 2. The van der Waals surface area contributed by atoms with Crippen LogP contribution >= 0.6 is 11.8 Å². The molecule has 1 N–H and O–H groups in total. The number of benzene rings is 1. The molecule has 0 aromatic heterocycles. The molecule has 168 valence electrons. The first-order chi connectivity index (χ1) is 12.8. The van der Waals surface area contributed by atoms with Crippen LogP contribution in [0.3, 0.4) is 0 Å². The molecule has 0 fully saturated rings. The lowest BCUT2D eigenvalue weighted by Crippen LogP contribution is -2.60. The number of alkyl halides is 9. The molecule has 0 saturated carbocycles. The molecule has 0 unspecified atom stereocenters. The van der Waals surface area contributed by atoms with Crippen molar-refractivity contribution in [3.63, 3.8) is 0 Å². The summed E-state index contributed by atoms with van der Waals surface area (Å²) in [7, 11) is 0. The number of aryl methyl sites for hydroxylation is 1. The zero-order valence-corrected chi connectivity index (χ0v) is 16.8. The van der Waals surface area contributed by atoms with Gasteiger partial charge in [0, 0.05) is 17.7 Å². The predicted molar refractivity (Wildman–Crippen MR) is 93.2 cm³/mol. The van der Waals surface area contributed by atoms with E-state index >= 15 is 0 Å². The summed E-state index contributed by atoms with van der Waals surface area (Å²) < 4.78 is 116. The molecule has 1 rings (SSSR count). The van der Waals surface area contributed by atoms with Gasteiger partial charge < -0.3 is 5.11 Å². The van der Waals surface area contributed by atoms with Crippen molar-refractivity contribution in [2.45, 2.75) is 69.2 Å². The Bertz CT molecular complexity index is 721. The minimum Gasteiger partial charge on any atom is -0.507 e. The highest BCUT2D eigenvalue weighted by atomic mass is 32.2. The summed E-state index contributed by atoms with van der Waals surface area (Å²) in [5, 5.41) is 10.3. The largest absolute Gasteiger partial charge is 0.507 e. The van der Waals surface area contributed by atoms with E-state index in [-0.39, 0.29) is 11.5 Å². The minimum absolute atomic E-state index is 0.115. The van der Waals surface area contributed by atoms with E-state index in [1.165, 1.54) is 0 Å². The molecule has 0 aliphatic carbocycles. The van der Waals surface area contributed by atoms with Crippen LogP contribution in [0.15, 0.2) is 12.1 Å². The summed E-state index contributed by atoms with van der Waals surface area (Å²) in [6.45, 7) is 7.18. The van der Waals surface area contributed by atoms with Gasteiger partial charge in [-0.2, -0.15) is 51.3 Å². The zero-order chi connectivity index (χ0) is 23.1. The van der Waals surface area contributed by atoms with Crippen molar-refractivity contribution >= 4 is 11.8 Å².